The molecule has 1 heterocycles. The topological polar surface area (TPSA) is 54.9 Å². The van der Waals surface area contributed by atoms with Crippen LogP contribution in [0, 0.1) is 0 Å². The van der Waals surface area contributed by atoms with E-state index in [9.17, 15) is 9.59 Å². The Morgan fingerprint density at radius 2 is 1.57 bits per heavy atom. The molecule has 0 amide bonds. The van der Waals surface area contributed by atoms with Crippen molar-refractivity contribution in [1.82, 2.24) is 9.55 Å². The van der Waals surface area contributed by atoms with Gasteiger partial charge in [0.15, 0.2) is 0 Å². The Bertz CT molecular complexity index is 849. The van der Waals surface area contributed by atoms with Crippen molar-refractivity contribution in [2.45, 2.75) is 0 Å². The third kappa shape index (κ3) is 2.66. The number of benzene rings is 2. The first-order valence-electron chi connectivity index (χ1n) is 6.33. The number of hydrogen-bond donors (Lipinski definition) is 1. The van der Waals surface area contributed by atoms with Crippen LogP contribution in [-0.2, 0) is 0 Å². The van der Waals surface area contributed by atoms with Gasteiger partial charge in [-0.05, 0) is 29.8 Å². The molecule has 21 heavy (non-hydrogen) atoms. The Morgan fingerprint density at radius 1 is 0.905 bits per heavy atom. The number of nitrogens with zero attached hydrogens (tertiary/aromatic N) is 1. The minimum Gasteiger partial charge on any atom is -0.306 e. The summed E-state index contributed by atoms with van der Waals surface area (Å²) in [5.41, 5.74) is 0.889. The van der Waals surface area contributed by atoms with Crippen LogP contribution in [0.4, 0.5) is 0 Å². The second kappa shape index (κ2) is 5.42. The predicted octanol–water partition coefficient (Wildman–Crippen LogP) is 2.85. The van der Waals surface area contributed by atoms with Gasteiger partial charge in [0, 0.05) is 11.1 Å². The molecule has 3 rings (SSSR count). The molecule has 2 aromatic carbocycles. The molecule has 0 aliphatic heterocycles. The highest BCUT2D eigenvalue weighted by Crippen LogP contribution is 2.14. The average molecular weight is 299 g/mol. The molecule has 0 aliphatic rings. The Kier molecular flexibility index (Phi) is 3.46. The van der Waals surface area contributed by atoms with Crippen molar-refractivity contribution in [2.75, 3.05) is 0 Å². The van der Waals surface area contributed by atoms with Gasteiger partial charge in [-0.15, -0.1) is 0 Å². The van der Waals surface area contributed by atoms with Gasteiger partial charge in [0.05, 0.1) is 11.4 Å². The molecule has 0 bridgehead atoms. The fourth-order valence-electron chi connectivity index (χ4n) is 2.10. The predicted molar refractivity (Wildman–Crippen MR) is 83.1 cm³/mol. The van der Waals surface area contributed by atoms with Gasteiger partial charge < -0.3 is 4.98 Å². The Labute approximate surface area is 125 Å². The van der Waals surface area contributed by atoms with Crippen molar-refractivity contribution in [1.29, 1.82) is 0 Å². The van der Waals surface area contributed by atoms with Crippen LogP contribution in [0.3, 0.4) is 0 Å². The molecule has 0 saturated carbocycles. The van der Waals surface area contributed by atoms with E-state index in [0.29, 0.717) is 16.4 Å². The number of halogens is 1. The first-order valence-corrected chi connectivity index (χ1v) is 6.71. The molecule has 4 nitrogen and oxygen atoms in total. The van der Waals surface area contributed by atoms with Crippen molar-refractivity contribution < 1.29 is 0 Å². The highest BCUT2D eigenvalue weighted by molar-refractivity contribution is 6.30. The van der Waals surface area contributed by atoms with Crippen molar-refractivity contribution in [3.8, 4) is 16.9 Å². The molecule has 0 saturated heterocycles. The van der Waals surface area contributed by atoms with E-state index in [1.165, 1.54) is 6.07 Å². The zero-order valence-electron chi connectivity index (χ0n) is 10.9. The molecule has 104 valence electrons. The zero-order valence-corrected chi connectivity index (χ0v) is 11.7. The summed E-state index contributed by atoms with van der Waals surface area (Å²) in [6.45, 7) is 0. The summed E-state index contributed by atoms with van der Waals surface area (Å²) >= 11 is 5.81. The van der Waals surface area contributed by atoms with Crippen LogP contribution in [0.25, 0.3) is 16.9 Å². The lowest BCUT2D eigenvalue weighted by Gasteiger charge is -2.06. The molecule has 0 fully saturated rings. The van der Waals surface area contributed by atoms with Gasteiger partial charge in [0.1, 0.15) is 0 Å². The lowest BCUT2D eigenvalue weighted by Crippen LogP contribution is -2.33. The van der Waals surface area contributed by atoms with Gasteiger partial charge in [-0.3, -0.25) is 4.79 Å². The molecule has 1 aromatic heterocycles. The fourth-order valence-corrected chi connectivity index (χ4v) is 2.23. The van der Waals surface area contributed by atoms with Crippen LogP contribution in [0.5, 0.6) is 0 Å². The van der Waals surface area contributed by atoms with E-state index in [1.807, 2.05) is 30.3 Å². The van der Waals surface area contributed by atoms with Crippen LogP contribution in [-0.4, -0.2) is 9.55 Å². The second-order valence-corrected chi connectivity index (χ2v) is 4.94. The zero-order chi connectivity index (χ0) is 14.8. The van der Waals surface area contributed by atoms with Crippen LogP contribution >= 0.6 is 11.6 Å². The fraction of sp³-hybridized carbons (Fsp3) is 0. The summed E-state index contributed by atoms with van der Waals surface area (Å²) in [4.78, 5) is 27.1. The first-order chi connectivity index (χ1) is 10.1. The SMILES string of the molecule is O=c1cc(-c2ccccc2)[nH]c(=O)n1-c1ccc(Cl)cc1. The van der Waals surface area contributed by atoms with Crippen molar-refractivity contribution in [3.05, 3.63) is 86.5 Å². The molecular formula is C16H11ClN2O2. The van der Waals surface area contributed by atoms with Gasteiger partial charge in [-0.2, -0.15) is 0 Å². The van der Waals surface area contributed by atoms with Crippen LogP contribution in [0.2, 0.25) is 5.02 Å². The lowest BCUT2D eigenvalue weighted by atomic mass is 10.1. The largest absolute Gasteiger partial charge is 0.333 e. The van der Waals surface area contributed by atoms with Crippen molar-refractivity contribution in [2.24, 2.45) is 0 Å². The Morgan fingerprint density at radius 3 is 2.19 bits per heavy atom. The van der Waals surface area contributed by atoms with Gasteiger partial charge >= 0.3 is 5.69 Å². The van der Waals surface area contributed by atoms with E-state index in [-0.39, 0.29) is 5.56 Å². The Balaban J connectivity index is 2.16. The van der Waals surface area contributed by atoms with E-state index in [0.717, 1.165) is 10.1 Å². The summed E-state index contributed by atoms with van der Waals surface area (Å²) in [6.07, 6.45) is 0. The average Bonchev–Trinajstić information content (AvgIpc) is 2.49. The number of hydrogen-bond acceptors (Lipinski definition) is 2. The molecule has 5 heteroatoms. The highest BCUT2D eigenvalue weighted by Gasteiger charge is 2.07. The maximum absolute atomic E-state index is 12.2. The third-order valence-electron chi connectivity index (χ3n) is 3.10. The number of H-pyrrole nitrogens is 1. The van der Waals surface area contributed by atoms with Gasteiger partial charge in [0.2, 0.25) is 0 Å². The second-order valence-electron chi connectivity index (χ2n) is 4.50. The van der Waals surface area contributed by atoms with Gasteiger partial charge in [-0.25, -0.2) is 9.36 Å². The van der Waals surface area contributed by atoms with E-state index >= 15 is 0 Å². The summed E-state index contributed by atoms with van der Waals surface area (Å²) in [5, 5.41) is 0.545. The standard InChI is InChI=1S/C16H11ClN2O2/c17-12-6-8-13(9-7-12)19-15(20)10-14(18-16(19)21)11-4-2-1-3-5-11/h1-10H,(H,18,21). The first kappa shape index (κ1) is 13.4. The summed E-state index contributed by atoms with van der Waals surface area (Å²) in [7, 11) is 0. The van der Waals surface area contributed by atoms with Crippen LogP contribution in [0.1, 0.15) is 0 Å². The quantitative estimate of drug-likeness (QED) is 0.791. The molecule has 0 aliphatic carbocycles. The van der Waals surface area contributed by atoms with Crippen molar-refractivity contribution in [3.63, 3.8) is 0 Å². The minimum absolute atomic E-state index is 0.389. The normalized spacial score (nSPS) is 10.5. The van der Waals surface area contributed by atoms with E-state index < -0.39 is 5.69 Å². The molecule has 0 radical (unpaired) electrons. The molecule has 1 N–H and O–H groups in total. The number of aromatic nitrogens is 2. The molecule has 0 unspecified atom stereocenters. The summed E-state index contributed by atoms with van der Waals surface area (Å²) in [6, 6.07) is 17.2. The molecule has 0 atom stereocenters. The highest BCUT2D eigenvalue weighted by atomic mass is 35.5. The maximum atomic E-state index is 12.2. The number of nitrogens with one attached hydrogen (secondary N) is 1. The van der Waals surface area contributed by atoms with Crippen LogP contribution < -0.4 is 11.2 Å². The summed E-state index contributed by atoms with van der Waals surface area (Å²) < 4.78 is 1.07. The lowest BCUT2D eigenvalue weighted by molar-refractivity contribution is 0.879. The van der Waals surface area contributed by atoms with Crippen molar-refractivity contribution >= 4 is 11.6 Å². The van der Waals surface area contributed by atoms with E-state index in [1.54, 1.807) is 24.3 Å². The third-order valence-corrected chi connectivity index (χ3v) is 3.35. The maximum Gasteiger partial charge on any atom is 0.333 e. The smallest absolute Gasteiger partial charge is 0.306 e. The summed E-state index contributed by atoms with van der Waals surface area (Å²) in [5.74, 6) is 0. The number of aromatic amines is 1. The van der Waals surface area contributed by atoms with E-state index in [2.05, 4.69) is 4.98 Å². The van der Waals surface area contributed by atoms with Crippen LogP contribution in [0.15, 0.2) is 70.3 Å². The van der Waals surface area contributed by atoms with E-state index in [4.69, 9.17) is 11.6 Å². The monoisotopic (exact) mass is 298 g/mol. The molecule has 0 spiro atoms. The molecule has 3 aromatic rings. The minimum atomic E-state index is -0.483. The Hall–Kier alpha value is -2.59. The van der Waals surface area contributed by atoms with Gasteiger partial charge in [0.25, 0.3) is 5.56 Å². The molecular weight excluding hydrogens is 288 g/mol. The number of rotatable bonds is 2. The van der Waals surface area contributed by atoms with Gasteiger partial charge in [-0.1, -0.05) is 41.9 Å².